The number of rotatable bonds is 48. The quantitative estimate of drug-likeness (QED) is 0.0198. The number of nitrogens with zero attached hydrogens (tertiary/aromatic N) is 1. The molecule has 0 amide bonds. The van der Waals surface area contributed by atoms with Gasteiger partial charge in [-0.3, -0.25) is 9.36 Å². The van der Waals surface area contributed by atoms with E-state index >= 15 is 0 Å². The molecule has 0 aliphatic heterocycles. The zero-order valence-corrected chi connectivity index (χ0v) is 40.9. The molecule has 0 radical (unpaired) electrons. The molecule has 0 N–H and O–H groups in total. The number of quaternary nitrogens is 1. The SMILES string of the molecule is CCCCCCCC/C=C\CCCCCCCCCC(=O)OC(COCCCCCCCCCCCCCCCCCCCCCC)COP(=O)([O-])OCC[N+](C)(C)C. The van der Waals surface area contributed by atoms with Crippen LogP contribution in [0.15, 0.2) is 12.2 Å². The van der Waals surface area contributed by atoms with E-state index in [-0.39, 0.29) is 25.8 Å². The average Bonchev–Trinajstić information content (AvgIpc) is 3.19. The van der Waals surface area contributed by atoms with Crippen molar-refractivity contribution in [3.63, 3.8) is 0 Å². The normalized spacial score (nSPS) is 13.7. The van der Waals surface area contributed by atoms with Crippen molar-refractivity contribution in [1.29, 1.82) is 0 Å². The van der Waals surface area contributed by atoms with E-state index in [1.807, 2.05) is 21.1 Å². The molecular formula is C50H100NO7P. The van der Waals surface area contributed by atoms with Crippen LogP contribution in [-0.2, 0) is 27.9 Å². The standard InChI is InChI=1S/C50H100NO7P/c1-6-8-10-12-14-16-18-20-22-24-25-26-28-30-32-34-36-38-40-42-45-55-47-49(48-57-59(53,54)56-46-44-51(3,4)5)58-50(52)43-41-39-37-35-33-31-29-27-23-21-19-17-15-13-11-9-7-2/h21,23,49H,6-20,22,24-48H2,1-5H3/b23-21-. The molecular weight excluding hydrogens is 758 g/mol. The largest absolute Gasteiger partial charge is 0.756 e. The van der Waals surface area contributed by atoms with Crippen LogP contribution in [0.1, 0.15) is 245 Å². The Kier molecular flexibility index (Phi) is 43.3. The van der Waals surface area contributed by atoms with Crippen molar-refractivity contribution in [2.45, 2.75) is 251 Å². The van der Waals surface area contributed by atoms with Crippen LogP contribution in [0.2, 0.25) is 0 Å². The number of ether oxygens (including phenoxy) is 2. The number of hydrogen-bond donors (Lipinski definition) is 0. The van der Waals surface area contributed by atoms with Crippen LogP contribution < -0.4 is 4.89 Å². The van der Waals surface area contributed by atoms with Gasteiger partial charge in [0.05, 0.1) is 34.4 Å². The summed E-state index contributed by atoms with van der Waals surface area (Å²) in [5, 5.41) is 0. The highest BCUT2D eigenvalue weighted by Crippen LogP contribution is 2.38. The number of phosphoric ester groups is 1. The van der Waals surface area contributed by atoms with Gasteiger partial charge in [-0.05, 0) is 38.5 Å². The Labute approximate surface area is 367 Å². The zero-order chi connectivity index (χ0) is 43.4. The van der Waals surface area contributed by atoms with Crippen molar-refractivity contribution in [3.05, 3.63) is 12.2 Å². The first-order chi connectivity index (χ1) is 28.6. The van der Waals surface area contributed by atoms with Gasteiger partial charge < -0.3 is 27.9 Å². The molecule has 352 valence electrons. The van der Waals surface area contributed by atoms with Gasteiger partial charge in [0.15, 0.2) is 0 Å². The van der Waals surface area contributed by atoms with Crippen LogP contribution in [0.5, 0.6) is 0 Å². The van der Waals surface area contributed by atoms with E-state index < -0.39 is 13.9 Å². The number of likely N-dealkylation sites (N-methyl/N-ethyl adjacent to an activating group) is 1. The number of esters is 1. The van der Waals surface area contributed by atoms with E-state index in [1.54, 1.807) is 0 Å². The second-order valence-electron chi connectivity index (χ2n) is 18.5. The van der Waals surface area contributed by atoms with Crippen molar-refractivity contribution in [2.75, 3.05) is 54.1 Å². The molecule has 0 bridgehead atoms. The summed E-state index contributed by atoms with van der Waals surface area (Å²) < 4.78 is 34.7. The van der Waals surface area contributed by atoms with Gasteiger partial charge in [-0.25, -0.2) is 0 Å². The van der Waals surface area contributed by atoms with Crippen LogP contribution in [-0.4, -0.2) is 70.7 Å². The van der Waals surface area contributed by atoms with E-state index in [1.165, 1.54) is 193 Å². The summed E-state index contributed by atoms with van der Waals surface area (Å²) >= 11 is 0. The summed E-state index contributed by atoms with van der Waals surface area (Å²) in [6.07, 6.45) is 49.4. The van der Waals surface area contributed by atoms with Crippen molar-refractivity contribution in [1.82, 2.24) is 0 Å². The molecule has 0 heterocycles. The maximum atomic E-state index is 12.7. The van der Waals surface area contributed by atoms with Gasteiger partial charge in [0.25, 0.3) is 7.82 Å². The summed E-state index contributed by atoms with van der Waals surface area (Å²) in [6.45, 7) is 5.46. The third kappa shape index (κ3) is 48.1. The Balaban J connectivity index is 4.11. The molecule has 0 aliphatic rings. The first-order valence-electron chi connectivity index (χ1n) is 25.4. The maximum absolute atomic E-state index is 12.7. The molecule has 0 aromatic rings. The fourth-order valence-corrected chi connectivity index (χ4v) is 8.10. The average molecular weight is 858 g/mol. The lowest BCUT2D eigenvalue weighted by Crippen LogP contribution is -2.37. The summed E-state index contributed by atoms with van der Waals surface area (Å²) in [6, 6.07) is 0. The molecule has 2 unspecified atom stereocenters. The monoisotopic (exact) mass is 858 g/mol. The van der Waals surface area contributed by atoms with Gasteiger partial charge in [0.1, 0.15) is 19.3 Å². The second kappa shape index (κ2) is 43.9. The number of carbonyl (C=O) groups is 1. The fourth-order valence-electron chi connectivity index (χ4n) is 7.37. The first-order valence-corrected chi connectivity index (χ1v) is 26.9. The summed E-state index contributed by atoms with van der Waals surface area (Å²) in [5.41, 5.74) is 0. The van der Waals surface area contributed by atoms with Gasteiger partial charge in [0, 0.05) is 13.0 Å². The molecule has 0 saturated carbocycles. The number of unbranched alkanes of at least 4 members (excludes halogenated alkanes) is 32. The summed E-state index contributed by atoms with van der Waals surface area (Å²) in [4.78, 5) is 25.1. The molecule has 0 aromatic heterocycles. The van der Waals surface area contributed by atoms with E-state index in [0.717, 1.165) is 32.1 Å². The predicted octanol–water partition coefficient (Wildman–Crippen LogP) is 14.8. The van der Waals surface area contributed by atoms with Crippen molar-refractivity contribution in [3.8, 4) is 0 Å². The Hall–Kier alpha value is -0.760. The Morgan fingerprint density at radius 2 is 0.881 bits per heavy atom. The van der Waals surface area contributed by atoms with Crippen molar-refractivity contribution in [2.24, 2.45) is 0 Å². The van der Waals surface area contributed by atoms with Crippen molar-refractivity contribution >= 4 is 13.8 Å². The lowest BCUT2D eigenvalue weighted by atomic mass is 10.0. The van der Waals surface area contributed by atoms with Crippen LogP contribution >= 0.6 is 7.82 Å². The lowest BCUT2D eigenvalue weighted by Gasteiger charge is -2.28. The minimum absolute atomic E-state index is 0.0288. The van der Waals surface area contributed by atoms with Gasteiger partial charge in [-0.2, -0.15) is 0 Å². The molecule has 8 nitrogen and oxygen atoms in total. The van der Waals surface area contributed by atoms with Gasteiger partial charge >= 0.3 is 5.97 Å². The number of phosphoric acid groups is 1. The van der Waals surface area contributed by atoms with Crippen molar-refractivity contribution < 1.29 is 37.3 Å². The van der Waals surface area contributed by atoms with Crippen LogP contribution in [0, 0.1) is 0 Å². The van der Waals surface area contributed by atoms with E-state index in [9.17, 15) is 14.3 Å². The van der Waals surface area contributed by atoms with Crippen LogP contribution in [0.3, 0.4) is 0 Å². The summed E-state index contributed by atoms with van der Waals surface area (Å²) in [5.74, 6) is -0.333. The summed E-state index contributed by atoms with van der Waals surface area (Å²) in [7, 11) is 1.37. The van der Waals surface area contributed by atoms with Gasteiger partial charge in [-0.15, -0.1) is 0 Å². The highest BCUT2D eigenvalue weighted by atomic mass is 31.2. The third-order valence-corrected chi connectivity index (χ3v) is 12.3. The first kappa shape index (κ1) is 58.2. The highest BCUT2D eigenvalue weighted by molar-refractivity contribution is 7.45. The zero-order valence-electron chi connectivity index (χ0n) is 40.0. The Bertz CT molecular complexity index is 956. The van der Waals surface area contributed by atoms with Gasteiger partial charge in [0.2, 0.25) is 0 Å². The van der Waals surface area contributed by atoms with Crippen LogP contribution in [0.25, 0.3) is 0 Å². The molecule has 0 spiro atoms. The molecule has 9 heteroatoms. The predicted molar refractivity (Wildman–Crippen MR) is 250 cm³/mol. The Morgan fingerprint density at radius 3 is 1.29 bits per heavy atom. The molecule has 0 aliphatic carbocycles. The van der Waals surface area contributed by atoms with Gasteiger partial charge in [-0.1, -0.05) is 212 Å². The molecule has 59 heavy (non-hydrogen) atoms. The number of carbonyl (C=O) groups excluding carboxylic acids is 1. The minimum atomic E-state index is -4.52. The van der Waals surface area contributed by atoms with E-state index in [4.69, 9.17) is 18.5 Å². The maximum Gasteiger partial charge on any atom is 0.306 e. The molecule has 0 aromatic carbocycles. The Morgan fingerprint density at radius 1 is 0.508 bits per heavy atom. The lowest BCUT2D eigenvalue weighted by molar-refractivity contribution is -0.870. The third-order valence-electron chi connectivity index (χ3n) is 11.3. The second-order valence-corrected chi connectivity index (χ2v) is 19.9. The van der Waals surface area contributed by atoms with E-state index in [2.05, 4.69) is 26.0 Å². The molecule has 0 fully saturated rings. The molecule has 0 rings (SSSR count). The topological polar surface area (TPSA) is 94.1 Å². The number of allylic oxidation sites excluding steroid dienone is 2. The fraction of sp³-hybridized carbons (Fsp3) is 0.940. The highest BCUT2D eigenvalue weighted by Gasteiger charge is 2.20. The smallest absolute Gasteiger partial charge is 0.306 e. The van der Waals surface area contributed by atoms with Crippen LogP contribution in [0.4, 0.5) is 0 Å². The minimum Gasteiger partial charge on any atom is -0.756 e. The van der Waals surface area contributed by atoms with E-state index in [0.29, 0.717) is 24.1 Å². The molecule has 2 atom stereocenters. The molecule has 0 saturated heterocycles. The number of hydrogen-bond acceptors (Lipinski definition) is 7.